The number of fused-ring (bicyclic) bond motifs is 4. The lowest BCUT2D eigenvalue weighted by Crippen LogP contribution is -2.33. The number of benzene rings is 3. The Labute approximate surface area is 357 Å². The third kappa shape index (κ3) is 16.8. The summed E-state index contributed by atoms with van der Waals surface area (Å²) < 4.78 is 60.6. The first kappa shape index (κ1) is 47.7. The van der Waals surface area contributed by atoms with Crippen molar-refractivity contribution in [1.29, 1.82) is 0 Å². The molecule has 3 aromatic rings. The largest absolute Gasteiger partial charge is 0.449 e. The second-order valence-corrected chi connectivity index (χ2v) is 13.7. The molecule has 334 valence electrons. The predicted octanol–water partition coefficient (Wildman–Crippen LogP) is 3.99. The van der Waals surface area contributed by atoms with Gasteiger partial charge in [-0.1, -0.05) is 60.7 Å². The number of hydrogen-bond donors (Lipinski definition) is 1. The number of rotatable bonds is 35. The van der Waals surface area contributed by atoms with E-state index in [4.69, 9.17) is 52.1 Å². The first-order valence-corrected chi connectivity index (χ1v) is 21.0. The summed E-state index contributed by atoms with van der Waals surface area (Å²) >= 11 is 0. The third-order valence-corrected chi connectivity index (χ3v) is 9.54. The SMILES string of the molecule is O=C(NCCOCCOCCOCCOCCOCCOCCOCCOCCOCCOCCN1C(=O)c2ccccc2C1=O)OCC1c2ccccc2-c2ccccc21. The molecular formula is C45H60N2O14. The predicted molar refractivity (Wildman–Crippen MR) is 223 cm³/mol. The minimum Gasteiger partial charge on any atom is -0.449 e. The normalized spacial score (nSPS) is 13.1. The van der Waals surface area contributed by atoms with Crippen LogP contribution in [-0.2, 0) is 52.1 Å². The first-order valence-electron chi connectivity index (χ1n) is 21.0. The van der Waals surface area contributed by atoms with E-state index in [1.54, 1.807) is 24.3 Å². The maximum absolute atomic E-state index is 12.3. The molecule has 16 nitrogen and oxygen atoms in total. The van der Waals surface area contributed by atoms with E-state index in [9.17, 15) is 14.4 Å². The molecule has 0 unspecified atom stereocenters. The Bertz CT molecular complexity index is 1650. The van der Waals surface area contributed by atoms with Gasteiger partial charge in [-0.25, -0.2) is 4.79 Å². The zero-order valence-corrected chi connectivity index (χ0v) is 34.9. The van der Waals surface area contributed by atoms with Crippen LogP contribution < -0.4 is 5.32 Å². The van der Waals surface area contributed by atoms with E-state index in [0.717, 1.165) is 0 Å². The zero-order chi connectivity index (χ0) is 42.6. The molecular weight excluding hydrogens is 792 g/mol. The number of carbonyl (C=O) groups is 3. The van der Waals surface area contributed by atoms with Crippen LogP contribution in [0.2, 0.25) is 0 Å². The van der Waals surface area contributed by atoms with Crippen LogP contribution >= 0.6 is 0 Å². The van der Waals surface area contributed by atoms with Gasteiger partial charge in [0.15, 0.2) is 0 Å². The Kier molecular flexibility index (Phi) is 22.7. The van der Waals surface area contributed by atoms with Crippen molar-refractivity contribution in [3.8, 4) is 11.1 Å². The monoisotopic (exact) mass is 852 g/mol. The van der Waals surface area contributed by atoms with Crippen LogP contribution in [0.1, 0.15) is 37.8 Å². The van der Waals surface area contributed by atoms with Gasteiger partial charge in [0, 0.05) is 12.5 Å². The van der Waals surface area contributed by atoms with Crippen LogP contribution in [0.5, 0.6) is 0 Å². The van der Waals surface area contributed by atoms with Gasteiger partial charge in [-0.2, -0.15) is 0 Å². The second kappa shape index (κ2) is 29.1. The highest BCUT2D eigenvalue weighted by Crippen LogP contribution is 2.44. The van der Waals surface area contributed by atoms with Gasteiger partial charge in [0.05, 0.1) is 150 Å². The Balaban J connectivity index is 0.674. The molecule has 5 rings (SSSR count). The summed E-state index contributed by atoms with van der Waals surface area (Å²) in [5, 5.41) is 2.74. The molecule has 0 fully saturated rings. The Morgan fingerprint density at radius 1 is 0.426 bits per heavy atom. The molecule has 3 amide bonds. The number of nitrogens with zero attached hydrogens (tertiary/aromatic N) is 1. The Morgan fingerprint density at radius 3 is 1.11 bits per heavy atom. The van der Waals surface area contributed by atoms with E-state index in [0.29, 0.717) is 143 Å². The van der Waals surface area contributed by atoms with Crippen molar-refractivity contribution in [2.45, 2.75) is 5.92 Å². The standard InChI is InChI=1S/C45H60N2O14/c48-43-40-11-5-6-12-41(40)44(49)47(43)14-16-52-18-20-54-22-24-56-26-28-58-30-32-60-34-33-59-31-29-57-27-25-55-23-21-53-19-17-51-15-13-46-45(50)61-35-42-38-9-3-1-7-36(38)37-8-2-4-10-39(37)42/h1-12,42H,13-35H2,(H,46,50). The van der Waals surface area contributed by atoms with Gasteiger partial charge < -0.3 is 57.4 Å². The minimum atomic E-state index is -0.459. The number of alkyl carbamates (subject to hydrolysis) is 1. The lowest BCUT2D eigenvalue weighted by Gasteiger charge is -2.14. The van der Waals surface area contributed by atoms with Crippen molar-refractivity contribution in [3.05, 3.63) is 95.1 Å². The lowest BCUT2D eigenvalue weighted by molar-refractivity contribution is -0.0264. The van der Waals surface area contributed by atoms with Crippen LogP contribution in [0.15, 0.2) is 72.8 Å². The zero-order valence-electron chi connectivity index (χ0n) is 34.9. The van der Waals surface area contributed by atoms with Crippen LogP contribution in [0.3, 0.4) is 0 Å². The van der Waals surface area contributed by atoms with Crippen molar-refractivity contribution in [1.82, 2.24) is 10.2 Å². The fraction of sp³-hybridized carbons (Fsp3) is 0.533. The Hall–Kier alpha value is -4.33. The average Bonchev–Trinajstić information content (AvgIpc) is 3.73. The minimum absolute atomic E-state index is 0.0295. The maximum atomic E-state index is 12.3. The lowest BCUT2D eigenvalue weighted by atomic mass is 9.98. The maximum Gasteiger partial charge on any atom is 0.407 e. The summed E-state index contributed by atoms with van der Waals surface area (Å²) in [6, 6.07) is 23.3. The smallest absolute Gasteiger partial charge is 0.407 e. The molecule has 3 aromatic carbocycles. The van der Waals surface area contributed by atoms with Gasteiger partial charge in [-0.3, -0.25) is 14.5 Å². The first-order chi connectivity index (χ1) is 30.1. The highest BCUT2D eigenvalue weighted by Gasteiger charge is 2.34. The summed E-state index contributed by atoms with van der Waals surface area (Å²) in [5.74, 6) is -0.535. The summed E-state index contributed by atoms with van der Waals surface area (Å²) in [6.07, 6.45) is -0.459. The van der Waals surface area contributed by atoms with E-state index >= 15 is 0 Å². The highest BCUT2D eigenvalue weighted by atomic mass is 16.6. The number of hydrogen-bond acceptors (Lipinski definition) is 14. The number of nitrogens with one attached hydrogen (secondary N) is 1. The molecule has 16 heteroatoms. The summed E-state index contributed by atoms with van der Waals surface area (Å²) in [4.78, 5) is 38.1. The third-order valence-electron chi connectivity index (χ3n) is 9.54. The molecule has 0 atom stereocenters. The second-order valence-electron chi connectivity index (χ2n) is 13.7. The highest BCUT2D eigenvalue weighted by molar-refractivity contribution is 6.21. The summed E-state index contributed by atoms with van der Waals surface area (Å²) in [6.45, 7) is 9.45. The van der Waals surface area contributed by atoms with Gasteiger partial charge in [0.1, 0.15) is 6.61 Å². The van der Waals surface area contributed by atoms with E-state index < -0.39 is 6.09 Å². The molecule has 0 aromatic heterocycles. The molecule has 0 spiro atoms. The molecule has 1 heterocycles. The van der Waals surface area contributed by atoms with Crippen molar-refractivity contribution >= 4 is 17.9 Å². The fourth-order valence-corrected chi connectivity index (χ4v) is 6.55. The molecule has 61 heavy (non-hydrogen) atoms. The van der Waals surface area contributed by atoms with Crippen LogP contribution in [0.4, 0.5) is 4.79 Å². The van der Waals surface area contributed by atoms with Crippen molar-refractivity contribution in [2.75, 3.05) is 152 Å². The van der Waals surface area contributed by atoms with Crippen molar-refractivity contribution in [3.63, 3.8) is 0 Å². The summed E-state index contributed by atoms with van der Waals surface area (Å²) in [5.41, 5.74) is 5.63. The molecule has 1 aliphatic heterocycles. The van der Waals surface area contributed by atoms with Gasteiger partial charge in [0.2, 0.25) is 0 Å². The molecule has 0 saturated heterocycles. The number of ether oxygens (including phenoxy) is 11. The topological polar surface area (TPSA) is 168 Å². The van der Waals surface area contributed by atoms with Crippen LogP contribution in [0, 0.1) is 0 Å². The van der Waals surface area contributed by atoms with Gasteiger partial charge >= 0.3 is 6.09 Å². The van der Waals surface area contributed by atoms with Gasteiger partial charge in [-0.15, -0.1) is 0 Å². The van der Waals surface area contributed by atoms with Gasteiger partial charge in [0.25, 0.3) is 11.8 Å². The molecule has 2 aliphatic rings. The van der Waals surface area contributed by atoms with E-state index in [2.05, 4.69) is 29.6 Å². The van der Waals surface area contributed by atoms with Crippen molar-refractivity contribution in [2.24, 2.45) is 0 Å². The molecule has 1 N–H and O–H groups in total. The van der Waals surface area contributed by atoms with Crippen LogP contribution in [-0.4, -0.2) is 175 Å². The van der Waals surface area contributed by atoms with E-state index in [-0.39, 0.29) is 37.5 Å². The number of amides is 3. The molecule has 1 aliphatic carbocycles. The molecule has 0 bridgehead atoms. The number of carbonyl (C=O) groups excluding carboxylic acids is 3. The van der Waals surface area contributed by atoms with E-state index in [1.807, 2.05) is 24.3 Å². The fourth-order valence-electron chi connectivity index (χ4n) is 6.55. The number of imide groups is 1. The van der Waals surface area contributed by atoms with E-state index in [1.165, 1.54) is 27.2 Å². The molecule has 0 radical (unpaired) electrons. The average molecular weight is 853 g/mol. The molecule has 0 saturated carbocycles. The quantitative estimate of drug-likeness (QED) is 0.0667. The van der Waals surface area contributed by atoms with Crippen molar-refractivity contribution < 1.29 is 66.5 Å². The summed E-state index contributed by atoms with van der Waals surface area (Å²) in [7, 11) is 0. The van der Waals surface area contributed by atoms with Gasteiger partial charge in [-0.05, 0) is 34.4 Å². The Morgan fingerprint density at radius 2 is 0.738 bits per heavy atom. The van der Waals surface area contributed by atoms with Crippen LogP contribution in [0.25, 0.3) is 11.1 Å².